The molecular weight excluding hydrogens is 358 g/mol. The Bertz CT molecular complexity index is 760. The number of sulfone groups is 1. The molecule has 4 rings (SSSR count). The van der Waals surface area contributed by atoms with Gasteiger partial charge < -0.3 is 14.8 Å². The lowest BCUT2D eigenvalue weighted by Crippen LogP contribution is -2.55. The number of hydrogen-bond acceptors (Lipinski definition) is 7. The number of ether oxygens (including phenoxy) is 2. The van der Waals surface area contributed by atoms with Crippen LogP contribution in [0.15, 0.2) is 24.5 Å². The molecule has 3 aliphatic rings. The molecule has 1 spiro atoms. The number of pyridine rings is 1. The second-order valence-corrected chi connectivity index (χ2v) is 9.54. The highest BCUT2D eigenvalue weighted by Crippen LogP contribution is 2.32. The van der Waals surface area contributed by atoms with E-state index in [1.165, 1.54) is 5.56 Å². The summed E-state index contributed by atoms with van der Waals surface area (Å²) in [5, 5.41) is 2.77. The van der Waals surface area contributed by atoms with E-state index in [4.69, 9.17) is 9.47 Å². The van der Waals surface area contributed by atoms with Gasteiger partial charge in [0.15, 0.2) is 9.84 Å². The fourth-order valence-electron chi connectivity index (χ4n) is 3.83. The van der Waals surface area contributed by atoms with Crippen molar-refractivity contribution in [1.82, 2.24) is 15.2 Å². The van der Waals surface area contributed by atoms with Crippen LogP contribution in [0.4, 0.5) is 0 Å². The highest BCUT2D eigenvalue weighted by atomic mass is 32.2. The summed E-state index contributed by atoms with van der Waals surface area (Å²) in [6.45, 7) is 3.33. The van der Waals surface area contributed by atoms with E-state index in [0.29, 0.717) is 26.2 Å². The minimum absolute atomic E-state index is 0.0206. The van der Waals surface area contributed by atoms with Crippen molar-refractivity contribution in [3.05, 3.63) is 30.1 Å². The zero-order valence-electron chi connectivity index (χ0n) is 14.5. The average Bonchev–Trinajstić information content (AvgIpc) is 2.97. The van der Waals surface area contributed by atoms with Crippen LogP contribution in [0, 0.1) is 0 Å². The molecule has 1 aromatic rings. The van der Waals surface area contributed by atoms with Crippen molar-refractivity contribution in [1.29, 1.82) is 0 Å². The minimum Gasteiger partial charge on any atom is -0.370 e. The van der Waals surface area contributed by atoms with Crippen LogP contribution in [0.1, 0.15) is 12.0 Å². The van der Waals surface area contributed by atoms with Crippen molar-refractivity contribution >= 4 is 15.7 Å². The minimum atomic E-state index is -2.96. The molecule has 1 amide bonds. The second-order valence-electron chi connectivity index (χ2n) is 7.38. The lowest BCUT2D eigenvalue weighted by Gasteiger charge is -2.39. The van der Waals surface area contributed by atoms with Crippen LogP contribution in [0.3, 0.4) is 0 Å². The Morgan fingerprint density at radius 1 is 1.35 bits per heavy atom. The van der Waals surface area contributed by atoms with E-state index in [1.807, 2.05) is 12.1 Å². The van der Waals surface area contributed by atoms with Gasteiger partial charge in [0.25, 0.3) is 0 Å². The molecule has 3 aliphatic heterocycles. The molecule has 0 radical (unpaired) electrons. The van der Waals surface area contributed by atoms with Gasteiger partial charge in [-0.25, -0.2) is 8.42 Å². The van der Waals surface area contributed by atoms with Crippen LogP contribution in [-0.4, -0.2) is 79.8 Å². The number of carbonyl (C=O) groups is 1. The molecule has 0 bridgehead atoms. The van der Waals surface area contributed by atoms with E-state index in [-0.39, 0.29) is 23.5 Å². The third-order valence-corrected chi connectivity index (χ3v) is 6.96. The van der Waals surface area contributed by atoms with Crippen LogP contribution in [-0.2, 0) is 30.7 Å². The van der Waals surface area contributed by atoms with Crippen molar-refractivity contribution in [2.45, 2.75) is 30.7 Å². The van der Waals surface area contributed by atoms with Gasteiger partial charge in [-0.3, -0.25) is 14.7 Å². The molecule has 1 N–H and O–H groups in total. The number of nitrogens with zero attached hydrogens (tertiary/aromatic N) is 2. The van der Waals surface area contributed by atoms with Gasteiger partial charge in [0.05, 0.1) is 30.8 Å². The zero-order chi connectivity index (χ0) is 18.2. The van der Waals surface area contributed by atoms with Gasteiger partial charge in [-0.05, 0) is 17.7 Å². The van der Waals surface area contributed by atoms with Crippen molar-refractivity contribution in [3.8, 4) is 0 Å². The number of carbonyl (C=O) groups excluding carboxylic acids is 1. The number of amides is 1. The van der Waals surface area contributed by atoms with Gasteiger partial charge in [0.2, 0.25) is 5.91 Å². The quantitative estimate of drug-likeness (QED) is 0.740. The van der Waals surface area contributed by atoms with E-state index < -0.39 is 21.5 Å². The van der Waals surface area contributed by atoms with Gasteiger partial charge in [-0.2, -0.15) is 0 Å². The molecule has 0 aliphatic carbocycles. The molecular formula is C17H23N3O5S. The molecule has 8 nitrogen and oxygen atoms in total. The number of morpholine rings is 1. The third-order valence-electron chi connectivity index (χ3n) is 5.14. The summed E-state index contributed by atoms with van der Waals surface area (Å²) < 4.78 is 34.1. The van der Waals surface area contributed by atoms with Crippen LogP contribution in [0.25, 0.3) is 0 Å². The molecule has 4 heterocycles. The van der Waals surface area contributed by atoms with Crippen molar-refractivity contribution in [3.63, 3.8) is 0 Å². The van der Waals surface area contributed by atoms with Gasteiger partial charge in [0, 0.05) is 38.4 Å². The third kappa shape index (κ3) is 3.90. The molecule has 0 saturated carbocycles. The molecule has 3 fully saturated rings. The van der Waals surface area contributed by atoms with Gasteiger partial charge in [-0.1, -0.05) is 0 Å². The maximum atomic E-state index is 12.4. The summed E-state index contributed by atoms with van der Waals surface area (Å²) in [4.78, 5) is 18.7. The Hall–Kier alpha value is -1.55. The predicted octanol–water partition coefficient (Wildman–Crippen LogP) is -0.645. The highest BCUT2D eigenvalue weighted by molar-refractivity contribution is 7.92. The Morgan fingerprint density at radius 3 is 2.85 bits per heavy atom. The molecule has 142 valence electrons. The Balaban J connectivity index is 1.32. The molecule has 0 aromatic carbocycles. The molecule has 1 aromatic heterocycles. The van der Waals surface area contributed by atoms with E-state index in [1.54, 1.807) is 12.4 Å². The summed E-state index contributed by atoms with van der Waals surface area (Å²) in [6, 6.07) is 3.70. The number of hydrogen-bond donors (Lipinski definition) is 1. The van der Waals surface area contributed by atoms with Crippen LogP contribution in [0.5, 0.6) is 0 Å². The highest BCUT2D eigenvalue weighted by Gasteiger charge is 2.47. The Labute approximate surface area is 152 Å². The van der Waals surface area contributed by atoms with E-state index in [2.05, 4.69) is 15.2 Å². The van der Waals surface area contributed by atoms with E-state index in [0.717, 1.165) is 13.1 Å². The zero-order valence-corrected chi connectivity index (χ0v) is 15.3. The van der Waals surface area contributed by atoms with E-state index >= 15 is 0 Å². The summed E-state index contributed by atoms with van der Waals surface area (Å²) in [5.41, 5.74) is 0.718. The number of aromatic nitrogens is 1. The first-order valence-electron chi connectivity index (χ1n) is 8.81. The lowest BCUT2D eigenvalue weighted by molar-refractivity contribution is -0.130. The first-order chi connectivity index (χ1) is 12.4. The summed E-state index contributed by atoms with van der Waals surface area (Å²) in [6.07, 6.45) is 3.47. The fourth-order valence-corrected chi connectivity index (χ4v) is 5.13. The van der Waals surface area contributed by atoms with Crippen molar-refractivity contribution < 1.29 is 22.7 Å². The molecule has 9 heteroatoms. The smallest absolute Gasteiger partial charge is 0.249 e. The summed E-state index contributed by atoms with van der Waals surface area (Å²) in [7, 11) is -2.96. The second kappa shape index (κ2) is 6.88. The van der Waals surface area contributed by atoms with Crippen LogP contribution < -0.4 is 5.32 Å². The Morgan fingerprint density at radius 2 is 2.12 bits per heavy atom. The molecule has 3 saturated heterocycles. The summed E-state index contributed by atoms with van der Waals surface area (Å²) in [5.74, 6) is -0.198. The predicted molar refractivity (Wildman–Crippen MR) is 93.1 cm³/mol. The first-order valence-corrected chi connectivity index (χ1v) is 10.6. The normalized spacial score (nSPS) is 31.6. The summed E-state index contributed by atoms with van der Waals surface area (Å²) >= 11 is 0. The first kappa shape index (κ1) is 17.8. The monoisotopic (exact) mass is 381 g/mol. The van der Waals surface area contributed by atoms with Crippen molar-refractivity contribution in [2.75, 3.05) is 37.8 Å². The van der Waals surface area contributed by atoms with Crippen molar-refractivity contribution in [2.24, 2.45) is 0 Å². The van der Waals surface area contributed by atoms with Crippen LogP contribution in [0.2, 0.25) is 0 Å². The van der Waals surface area contributed by atoms with E-state index in [9.17, 15) is 13.2 Å². The lowest BCUT2D eigenvalue weighted by atomic mass is 9.97. The van der Waals surface area contributed by atoms with Gasteiger partial charge in [-0.15, -0.1) is 0 Å². The Kier molecular flexibility index (Phi) is 4.72. The fraction of sp³-hybridized carbons (Fsp3) is 0.647. The average molecular weight is 381 g/mol. The standard InChI is InChI=1S/C17H23N3O5S/c21-16(19-14-9-26(22,23)10-14)15-7-17(12-24-15)11-20(5-6-25-17)8-13-1-3-18-4-2-13/h1-4,14-15H,5-12H2,(H,19,21)/t15-,17+/m0/s1. The van der Waals surface area contributed by atoms with Crippen LogP contribution >= 0.6 is 0 Å². The SMILES string of the molecule is O=C(NC1CS(=O)(=O)C1)[C@@H]1C[C@]2(CO1)CN(Cc1ccncc1)CCO2. The number of rotatable bonds is 4. The maximum absolute atomic E-state index is 12.4. The molecule has 0 unspecified atom stereocenters. The number of nitrogens with one attached hydrogen (secondary N) is 1. The topological polar surface area (TPSA) is 97.8 Å². The maximum Gasteiger partial charge on any atom is 0.249 e. The molecule has 2 atom stereocenters. The molecule has 26 heavy (non-hydrogen) atoms. The van der Waals surface area contributed by atoms with Gasteiger partial charge in [0.1, 0.15) is 11.7 Å². The largest absolute Gasteiger partial charge is 0.370 e. The van der Waals surface area contributed by atoms with Gasteiger partial charge >= 0.3 is 0 Å².